The Morgan fingerprint density at radius 1 is 1.22 bits per heavy atom. The summed E-state index contributed by atoms with van der Waals surface area (Å²) >= 11 is 1.49. The number of piperidine rings is 1. The van der Waals surface area contributed by atoms with Crippen molar-refractivity contribution in [3.8, 4) is 10.8 Å². The highest BCUT2D eigenvalue weighted by Crippen LogP contribution is 2.31. The molecule has 0 aliphatic carbocycles. The first-order chi connectivity index (χ1) is 13.1. The van der Waals surface area contributed by atoms with E-state index in [9.17, 15) is 9.59 Å². The lowest BCUT2D eigenvalue weighted by Crippen LogP contribution is -2.40. The summed E-state index contributed by atoms with van der Waals surface area (Å²) in [4.78, 5) is 30.6. The van der Waals surface area contributed by atoms with Crippen LogP contribution in [0.1, 0.15) is 30.3 Å². The van der Waals surface area contributed by atoms with Crippen LogP contribution in [-0.2, 0) is 9.53 Å². The Kier molecular flexibility index (Phi) is 4.94. The van der Waals surface area contributed by atoms with Crippen LogP contribution in [0.4, 0.5) is 0 Å². The lowest BCUT2D eigenvalue weighted by Gasteiger charge is -2.30. The predicted octanol–water partition coefficient (Wildman–Crippen LogP) is 3.97. The Balaban J connectivity index is 1.38. The molecule has 1 saturated heterocycles. The Morgan fingerprint density at radius 2 is 2.00 bits per heavy atom. The fourth-order valence-electron chi connectivity index (χ4n) is 3.09. The third-order valence-corrected chi connectivity index (χ3v) is 5.83. The standard InChI is InChI=1S/C20H20N2O4S/c1-13-8-10-22(11-9-13)18(23)12-25-20(24)16-7-6-15(26-16)19-21-14-4-2-3-5-17(14)27-19/h2-7,13H,8-12H2,1H3. The number of furan rings is 1. The van der Waals surface area contributed by atoms with Gasteiger partial charge in [0.05, 0.1) is 10.2 Å². The minimum atomic E-state index is -0.638. The second kappa shape index (κ2) is 7.52. The fraction of sp³-hybridized carbons (Fsp3) is 0.350. The van der Waals surface area contributed by atoms with E-state index in [2.05, 4.69) is 11.9 Å². The van der Waals surface area contributed by atoms with Crippen LogP contribution >= 0.6 is 11.3 Å². The number of para-hydroxylation sites is 1. The summed E-state index contributed by atoms with van der Waals surface area (Å²) in [5, 5.41) is 0.703. The number of thiazole rings is 1. The number of carbonyl (C=O) groups is 2. The van der Waals surface area contributed by atoms with Crippen molar-refractivity contribution >= 4 is 33.4 Å². The monoisotopic (exact) mass is 384 g/mol. The van der Waals surface area contributed by atoms with Gasteiger partial charge in [0.2, 0.25) is 5.76 Å². The number of amides is 1. The molecule has 2 aromatic heterocycles. The average Bonchev–Trinajstić information content (AvgIpc) is 3.33. The Labute approximate surface area is 160 Å². The number of rotatable bonds is 4. The molecule has 0 spiro atoms. The van der Waals surface area contributed by atoms with Crippen LogP contribution in [0.5, 0.6) is 0 Å². The summed E-state index contributed by atoms with van der Waals surface area (Å²) in [6.07, 6.45) is 1.98. The van der Waals surface area contributed by atoms with Crippen LogP contribution in [-0.4, -0.2) is 41.5 Å². The summed E-state index contributed by atoms with van der Waals surface area (Å²) in [6, 6.07) is 11.0. The Morgan fingerprint density at radius 3 is 2.78 bits per heavy atom. The van der Waals surface area contributed by atoms with Crippen LogP contribution in [0.2, 0.25) is 0 Å². The highest BCUT2D eigenvalue weighted by Gasteiger charge is 2.22. The maximum absolute atomic E-state index is 12.2. The molecule has 1 aliphatic rings. The van der Waals surface area contributed by atoms with Crippen LogP contribution in [0.25, 0.3) is 21.0 Å². The molecule has 1 aliphatic heterocycles. The van der Waals surface area contributed by atoms with Crippen LogP contribution in [0.3, 0.4) is 0 Å². The molecule has 0 saturated carbocycles. The molecule has 0 atom stereocenters. The molecular weight excluding hydrogens is 364 g/mol. The molecule has 0 radical (unpaired) electrons. The molecule has 3 aromatic rings. The first-order valence-corrected chi connectivity index (χ1v) is 9.82. The molecule has 0 N–H and O–H groups in total. The van der Waals surface area contributed by atoms with Gasteiger partial charge in [-0.1, -0.05) is 19.1 Å². The van der Waals surface area contributed by atoms with Crippen molar-refractivity contribution < 1.29 is 18.7 Å². The summed E-state index contributed by atoms with van der Waals surface area (Å²) in [5.41, 5.74) is 0.888. The number of ether oxygens (including phenoxy) is 1. The van der Waals surface area contributed by atoms with Gasteiger partial charge in [-0.05, 0) is 43.0 Å². The predicted molar refractivity (Wildman–Crippen MR) is 103 cm³/mol. The van der Waals surface area contributed by atoms with Crippen LogP contribution in [0, 0.1) is 5.92 Å². The highest BCUT2D eigenvalue weighted by molar-refractivity contribution is 7.21. The van der Waals surface area contributed by atoms with E-state index in [-0.39, 0.29) is 18.3 Å². The molecule has 27 heavy (non-hydrogen) atoms. The first kappa shape index (κ1) is 17.7. The van der Waals surface area contributed by atoms with Gasteiger partial charge < -0.3 is 14.1 Å². The zero-order valence-electron chi connectivity index (χ0n) is 15.0. The van der Waals surface area contributed by atoms with E-state index in [4.69, 9.17) is 9.15 Å². The number of fused-ring (bicyclic) bond motifs is 1. The number of nitrogens with zero attached hydrogens (tertiary/aromatic N) is 2. The van der Waals surface area contributed by atoms with E-state index >= 15 is 0 Å². The molecular formula is C20H20N2O4S. The fourth-order valence-corrected chi connectivity index (χ4v) is 4.02. The maximum Gasteiger partial charge on any atom is 0.374 e. The molecule has 1 amide bonds. The number of benzene rings is 1. The van der Waals surface area contributed by atoms with Gasteiger partial charge in [-0.3, -0.25) is 4.79 Å². The number of hydrogen-bond acceptors (Lipinski definition) is 6. The van der Waals surface area contributed by atoms with Gasteiger partial charge in [0.1, 0.15) is 0 Å². The van der Waals surface area contributed by atoms with Gasteiger partial charge in [0, 0.05) is 13.1 Å². The van der Waals surface area contributed by atoms with Gasteiger partial charge >= 0.3 is 5.97 Å². The lowest BCUT2D eigenvalue weighted by molar-refractivity contribution is -0.135. The molecule has 0 bridgehead atoms. The van der Waals surface area contributed by atoms with E-state index in [1.165, 1.54) is 11.3 Å². The van der Waals surface area contributed by atoms with Crippen LogP contribution < -0.4 is 0 Å². The van der Waals surface area contributed by atoms with Crippen molar-refractivity contribution in [3.05, 3.63) is 42.2 Å². The number of esters is 1. The Bertz CT molecular complexity index is 936. The third kappa shape index (κ3) is 3.88. The number of aromatic nitrogens is 1. The number of carbonyl (C=O) groups excluding carboxylic acids is 2. The summed E-state index contributed by atoms with van der Waals surface area (Å²) in [5.74, 6) is 0.429. The number of likely N-dealkylation sites (tertiary alicyclic amines) is 1. The van der Waals surface area contributed by atoms with Crippen molar-refractivity contribution in [2.45, 2.75) is 19.8 Å². The van der Waals surface area contributed by atoms with E-state index in [0.717, 1.165) is 36.1 Å². The van der Waals surface area contributed by atoms with Crippen molar-refractivity contribution in [2.24, 2.45) is 5.92 Å². The zero-order chi connectivity index (χ0) is 18.8. The van der Waals surface area contributed by atoms with E-state index < -0.39 is 5.97 Å². The van der Waals surface area contributed by atoms with Crippen LogP contribution in [0.15, 0.2) is 40.8 Å². The topological polar surface area (TPSA) is 72.6 Å². The van der Waals surface area contributed by atoms with Gasteiger partial charge in [0.15, 0.2) is 17.4 Å². The minimum absolute atomic E-state index is 0.0734. The van der Waals surface area contributed by atoms with Gasteiger partial charge in [-0.25, -0.2) is 9.78 Å². The largest absolute Gasteiger partial charge is 0.450 e. The van der Waals surface area contributed by atoms with E-state index in [1.54, 1.807) is 17.0 Å². The summed E-state index contributed by atoms with van der Waals surface area (Å²) in [7, 11) is 0. The lowest BCUT2D eigenvalue weighted by atomic mass is 9.99. The normalized spacial score (nSPS) is 15.2. The van der Waals surface area contributed by atoms with E-state index in [1.807, 2.05) is 24.3 Å². The molecule has 6 nitrogen and oxygen atoms in total. The summed E-state index contributed by atoms with van der Waals surface area (Å²) in [6.45, 7) is 3.37. The Hall–Kier alpha value is -2.67. The molecule has 4 rings (SSSR count). The maximum atomic E-state index is 12.2. The zero-order valence-corrected chi connectivity index (χ0v) is 15.8. The molecule has 0 unspecified atom stereocenters. The van der Waals surface area contributed by atoms with Crippen molar-refractivity contribution in [1.29, 1.82) is 0 Å². The molecule has 1 aromatic carbocycles. The smallest absolute Gasteiger partial charge is 0.374 e. The number of hydrogen-bond donors (Lipinski definition) is 0. The van der Waals surface area contributed by atoms with Gasteiger partial charge in [0.25, 0.3) is 5.91 Å². The minimum Gasteiger partial charge on any atom is -0.450 e. The molecule has 3 heterocycles. The van der Waals surface area contributed by atoms with Crippen molar-refractivity contribution in [1.82, 2.24) is 9.88 Å². The second-order valence-corrected chi connectivity index (χ2v) is 7.82. The van der Waals surface area contributed by atoms with Gasteiger partial charge in [-0.2, -0.15) is 0 Å². The highest BCUT2D eigenvalue weighted by atomic mass is 32.1. The average molecular weight is 384 g/mol. The van der Waals surface area contributed by atoms with Gasteiger partial charge in [-0.15, -0.1) is 11.3 Å². The van der Waals surface area contributed by atoms with Crippen molar-refractivity contribution in [3.63, 3.8) is 0 Å². The first-order valence-electron chi connectivity index (χ1n) is 9.01. The second-order valence-electron chi connectivity index (χ2n) is 6.79. The SMILES string of the molecule is CC1CCN(C(=O)COC(=O)c2ccc(-c3nc4ccccc4s3)o2)CC1. The molecule has 7 heteroatoms. The summed E-state index contributed by atoms with van der Waals surface area (Å²) < 4.78 is 11.8. The van der Waals surface area contributed by atoms with E-state index in [0.29, 0.717) is 16.7 Å². The molecule has 1 fully saturated rings. The quantitative estimate of drug-likeness (QED) is 0.637. The molecule has 140 valence electrons. The van der Waals surface area contributed by atoms with Crippen molar-refractivity contribution in [2.75, 3.05) is 19.7 Å². The third-order valence-electron chi connectivity index (χ3n) is 4.77.